The van der Waals surface area contributed by atoms with Crippen LogP contribution in [-0.2, 0) is 24.4 Å². The molecule has 1 N–H and O–H groups in total. The Hall–Kier alpha value is -2.77. The SMILES string of the molecule is C=CCn1c(COc2ccccc2Cl)nnc1SCC(=O)Nc1ccc(CC)cc1. The molecule has 3 rings (SSSR count). The van der Waals surface area contributed by atoms with Crippen LogP contribution in [0, 0.1) is 0 Å². The maximum atomic E-state index is 12.3. The van der Waals surface area contributed by atoms with Crippen molar-refractivity contribution in [2.24, 2.45) is 0 Å². The Labute approximate surface area is 185 Å². The van der Waals surface area contributed by atoms with E-state index in [1.807, 2.05) is 41.0 Å². The van der Waals surface area contributed by atoms with Crippen molar-refractivity contribution in [2.45, 2.75) is 31.7 Å². The smallest absolute Gasteiger partial charge is 0.234 e. The minimum Gasteiger partial charge on any atom is -0.484 e. The predicted molar refractivity (Wildman–Crippen MR) is 121 cm³/mol. The van der Waals surface area contributed by atoms with Crippen LogP contribution >= 0.6 is 23.4 Å². The Morgan fingerprint density at radius 1 is 1.23 bits per heavy atom. The first-order valence-electron chi connectivity index (χ1n) is 9.52. The van der Waals surface area contributed by atoms with Crippen molar-refractivity contribution in [3.8, 4) is 5.75 Å². The summed E-state index contributed by atoms with van der Waals surface area (Å²) in [6, 6.07) is 15.1. The Kier molecular flexibility index (Phi) is 7.93. The van der Waals surface area contributed by atoms with Gasteiger partial charge in [0.25, 0.3) is 0 Å². The molecule has 1 heterocycles. The van der Waals surface area contributed by atoms with Gasteiger partial charge in [-0.2, -0.15) is 0 Å². The lowest BCUT2D eigenvalue weighted by molar-refractivity contribution is -0.113. The number of nitrogens with zero attached hydrogens (tertiary/aromatic N) is 3. The number of thioether (sulfide) groups is 1. The molecule has 1 aromatic heterocycles. The Balaban J connectivity index is 1.60. The molecular formula is C22H23ClN4O2S. The van der Waals surface area contributed by atoms with Crippen LogP contribution < -0.4 is 10.1 Å². The number of nitrogens with one attached hydrogen (secondary N) is 1. The van der Waals surface area contributed by atoms with Crippen molar-refractivity contribution < 1.29 is 9.53 Å². The molecule has 0 unspecified atom stereocenters. The van der Waals surface area contributed by atoms with E-state index in [-0.39, 0.29) is 18.3 Å². The highest BCUT2D eigenvalue weighted by molar-refractivity contribution is 7.99. The molecule has 1 amide bonds. The molecular weight excluding hydrogens is 420 g/mol. The Morgan fingerprint density at radius 2 is 2.00 bits per heavy atom. The maximum absolute atomic E-state index is 12.3. The van der Waals surface area contributed by atoms with E-state index in [9.17, 15) is 4.79 Å². The van der Waals surface area contributed by atoms with Gasteiger partial charge < -0.3 is 10.1 Å². The van der Waals surface area contributed by atoms with Crippen LogP contribution in [0.25, 0.3) is 0 Å². The van der Waals surface area contributed by atoms with E-state index in [1.165, 1.54) is 17.3 Å². The molecule has 0 aliphatic heterocycles. The monoisotopic (exact) mass is 442 g/mol. The van der Waals surface area contributed by atoms with Crippen LogP contribution in [0.4, 0.5) is 5.69 Å². The lowest BCUT2D eigenvalue weighted by Crippen LogP contribution is -2.15. The molecule has 156 valence electrons. The molecule has 0 radical (unpaired) electrons. The molecule has 0 atom stereocenters. The minimum atomic E-state index is -0.105. The number of hydrogen-bond donors (Lipinski definition) is 1. The van der Waals surface area contributed by atoms with Crippen molar-refractivity contribution >= 4 is 35.0 Å². The summed E-state index contributed by atoms with van der Waals surface area (Å²) in [6.07, 6.45) is 2.72. The van der Waals surface area contributed by atoms with Crippen molar-refractivity contribution in [3.63, 3.8) is 0 Å². The van der Waals surface area contributed by atoms with Crippen LogP contribution in [0.15, 0.2) is 66.3 Å². The summed E-state index contributed by atoms with van der Waals surface area (Å²) in [4.78, 5) is 12.3. The molecule has 8 heteroatoms. The normalized spacial score (nSPS) is 10.6. The van der Waals surface area contributed by atoms with Crippen molar-refractivity contribution in [1.82, 2.24) is 14.8 Å². The molecule has 0 saturated heterocycles. The first-order valence-corrected chi connectivity index (χ1v) is 10.9. The largest absolute Gasteiger partial charge is 0.484 e. The summed E-state index contributed by atoms with van der Waals surface area (Å²) in [6.45, 7) is 6.60. The highest BCUT2D eigenvalue weighted by atomic mass is 35.5. The quantitative estimate of drug-likeness (QED) is 0.354. The molecule has 0 aliphatic rings. The number of para-hydroxylation sites is 1. The van der Waals surface area contributed by atoms with Crippen LogP contribution in [0.2, 0.25) is 5.02 Å². The van der Waals surface area contributed by atoms with Gasteiger partial charge in [-0.05, 0) is 36.2 Å². The van der Waals surface area contributed by atoms with Gasteiger partial charge in [0.05, 0.1) is 10.8 Å². The number of hydrogen-bond acceptors (Lipinski definition) is 5. The zero-order valence-corrected chi connectivity index (χ0v) is 18.2. The molecule has 0 fully saturated rings. The zero-order valence-electron chi connectivity index (χ0n) is 16.7. The van der Waals surface area contributed by atoms with Crippen molar-refractivity contribution in [1.29, 1.82) is 0 Å². The van der Waals surface area contributed by atoms with Gasteiger partial charge >= 0.3 is 0 Å². The van der Waals surface area contributed by atoms with Crippen LogP contribution in [0.5, 0.6) is 5.75 Å². The third-order valence-electron chi connectivity index (χ3n) is 4.28. The van der Waals surface area contributed by atoms with Gasteiger partial charge in [-0.1, -0.05) is 60.6 Å². The molecule has 0 aliphatic carbocycles. The van der Waals surface area contributed by atoms with Gasteiger partial charge in [0.2, 0.25) is 5.91 Å². The maximum Gasteiger partial charge on any atom is 0.234 e. The predicted octanol–water partition coefficient (Wildman–Crippen LogP) is 4.99. The van der Waals surface area contributed by atoms with Gasteiger partial charge in [0.15, 0.2) is 11.0 Å². The first-order chi connectivity index (χ1) is 14.6. The number of amides is 1. The van der Waals surface area contributed by atoms with Crippen LogP contribution in [0.1, 0.15) is 18.3 Å². The number of ether oxygens (including phenoxy) is 1. The van der Waals surface area contributed by atoms with Gasteiger partial charge in [-0.15, -0.1) is 16.8 Å². The number of rotatable bonds is 10. The Bertz CT molecular complexity index is 1000. The summed E-state index contributed by atoms with van der Waals surface area (Å²) in [7, 11) is 0. The second kappa shape index (κ2) is 10.8. The number of allylic oxidation sites excluding steroid dienone is 1. The second-order valence-corrected chi connectivity index (χ2v) is 7.75. The molecule has 3 aromatic rings. The fourth-order valence-corrected chi connectivity index (χ4v) is 3.66. The molecule has 0 spiro atoms. The number of aromatic nitrogens is 3. The average molecular weight is 443 g/mol. The summed E-state index contributed by atoms with van der Waals surface area (Å²) in [5.41, 5.74) is 2.01. The fourth-order valence-electron chi connectivity index (χ4n) is 2.70. The van der Waals surface area contributed by atoms with E-state index in [0.717, 1.165) is 12.1 Å². The van der Waals surface area contributed by atoms with E-state index < -0.39 is 0 Å². The number of anilines is 1. The van der Waals surface area contributed by atoms with E-state index in [1.54, 1.807) is 18.2 Å². The fraction of sp³-hybridized carbons (Fsp3) is 0.227. The van der Waals surface area contributed by atoms with Crippen LogP contribution in [0.3, 0.4) is 0 Å². The van der Waals surface area contributed by atoms with Crippen molar-refractivity contribution in [2.75, 3.05) is 11.1 Å². The zero-order chi connectivity index (χ0) is 21.3. The van der Waals surface area contributed by atoms with Gasteiger partial charge in [-0.25, -0.2) is 0 Å². The van der Waals surface area contributed by atoms with E-state index in [2.05, 4.69) is 29.0 Å². The van der Waals surface area contributed by atoms with Gasteiger partial charge in [-0.3, -0.25) is 9.36 Å². The summed E-state index contributed by atoms with van der Waals surface area (Å²) in [5.74, 6) is 1.32. The third kappa shape index (κ3) is 5.87. The molecule has 2 aromatic carbocycles. The standard InChI is InChI=1S/C22H23ClN4O2S/c1-3-13-27-20(14-29-19-8-6-5-7-18(19)23)25-26-22(27)30-15-21(28)24-17-11-9-16(4-2)10-12-17/h3,5-12H,1,4,13-15H2,2H3,(H,24,28). The lowest BCUT2D eigenvalue weighted by Gasteiger charge is -2.10. The highest BCUT2D eigenvalue weighted by Gasteiger charge is 2.14. The van der Waals surface area contributed by atoms with Gasteiger partial charge in [0, 0.05) is 12.2 Å². The van der Waals surface area contributed by atoms with E-state index in [0.29, 0.717) is 28.3 Å². The minimum absolute atomic E-state index is 0.105. The Morgan fingerprint density at radius 3 is 2.70 bits per heavy atom. The highest BCUT2D eigenvalue weighted by Crippen LogP contribution is 2.25. The summed E-state index contributed by atoms with van der Waals surface area (Å²) >= 11 is 7.45. The average Bonchev–Trinajstić information content (AvgIpc) is 3.14. The van der Waals surface area contributed by atoms with E-state index in [4.69, 9.17) is 16.3 Å². The number of halogens is 1. The third-order valence-corrected chi connectivity index (χ3v) is 5.56. The first kappa shape index (κ1) is 21.9. The number of carbonyl (C=O) groups is 1. The number of carbonyl (C=O) groups excluding carboxylic acids is 1. The summed E-state index contributed by atoms with van der Waals surface area (Å²) < 4.78 is 7.64. The molecule has 6 nitrogen and oxygen atoms in total. The molecule has 30 heavy (non-hydrogen) atoms. The number of benzene rings is 2. The van der Waals surface area contributed by atoms with Crippen molar-refractivity contribution in [3.05, 3.63) is 77.6 Å². The number of aryl methyl sites for hydroxylation is 1. The topological polar surface area (TPSA) is 69.0 Å². The van der Waals surface area contributed by atoms with Crippen LogP contribution in [-0.4, -0.2) is 26.4 Å². The second-order valence-electron chi connectivity index (χ2n) is 6.40. The van der Waals surface area contributed by atoms with Gasteiger partial charge in [0.1, 0.15) is 12.4 Å². The molecule has 0 saturated carbocycles. The summed E-state index contributed by atoms with van der Waals surface area (Å²) in [5, 5.41) is 12.5. The van der Waals surface area contributed by atoms with E-state index >= 15 is 0 Å². The lowest BCUT2D eigenvalue weighted by atomic mass is 10.1. The molecule has 0 bridgehead atoms.